The Morgan fingerprint density at radius 2 is 2.00 bits per heavy atom. The van der Waals surface area contributed by atoms with Gasteiger partial charge in [-0.25, -0.2) is 18.5 Å². The third-order valence-electron chi connectivity index (χ3n) is 3.82. The standard InChI is InChI=1S/C17H28N4O3S/c1-2-19-17(20-10-3-11-24-13-15-4-5-15)21-12-14-6-8-16(9-7-14)25(18,22)23/h6-9,15H,2-5,10-13H2,1H3,(H2,18,22,23)(H2,19,20,21). The van der Waals surface area contributed by atoms with E-state index in [-0.39, 0.29) is 4.90 Å². The number of nitrogens with one attached hydrogen (secondary N) is 2. The number of hydrogen-bond acceptors (Lipinski definition) is 4. The number of sulfonamides is 1. The number of hydrogen-bond donors (Lipinski definition) is 3. The minimum absolute atomic E-state index is 0.108. The molecule has 1 aliphatic rings. The zero-order chi connectivity index (χ0) is 18.1. The highest BCUT2D eigenvalue weighted by Gasteiger charge is 2.20. The molecule has 7 nitrogen and oxygen atoms in total. The average molecular weight is 369 g/mol. The van der Waals surface area contributed by atoms with Gasteiger partial charge in [0.05, 0.1) is 11.4 Å². The van der Waals surface area contributed by atoms with E-state index in [1.165, 1.54) is 25.0 Å². The number of benzene rings is 1. The molecule has 0 unspecified atom stereocenters. The van der Waals surface area contributed by atoms with Gasteiger partial charge >= 0.3 is 0 Å². The van der Waals surface area contributed by atoms with Gasteiger partial charge in [0.1, 0.15) is 0 Å². The lowest BCUT2D eigenvalue weighted by molar-refractivity contribution is 0.123. The minimum atomic E-state index is -3.65. The van der Waals surface area contributed by atoms with E-state index in [1.807, 2.05) is 6.92 Å². The zero-order valence-electron chi connectivity index (χ0n) is 14.7. The summed E-state index contributed by atoms with van der Waals surface area (Å²) in [5.41, 5.74) is 0.914. The molecule has 0 bridgehead atoms. The highest BCUT2D eigenvalue weighted by molar-refractivity contribution is 7.89. The number of rotatable bonds is 10. The second-order valence-electron chi connectivity index (χ2n) is 6.18. The Bertz CT molecular complexity index is 655. The van der Waals surface area contributed by atoms with Gasteiger partial charge in [-0.05, 0) is 49.8 Å². The van der Waals surface area contributed by atoms with Crippen molar-refractivity contribution in [2.45, 2.75) is 37.6 Å². The second-order valence-corrected chi connectivity index (χ2v) is 7.74. The third-order valence-corrected chi connectivity index (χ3v) is 4.75. The van der Waals surface area contributed by atoms with Crippen LogP contribution in [0.2, 0.25) is 0 Å². The van der Waals surface area contributed by atoms with Crippen LogP contribution in [0.5, 0.6) is 0 Å². The molecule has 140 valence electrons. The molecule has 1 aromatic rings. The molecule has 4 N–H and O–H groups in total. The number of aliphatic imine (C=N–C) groups is 1. The Morgan fingerprint density at radius 3 is 2.60 bits per heavy atom. The van der Waals surface area contributed by atoms with Gasteiger partial charge in [-0.3, -0.25) is 0 Å². The summed E-state index contributed by atoms with van der Waals surface area (Å²) in [4.78, 5) is 4.61. The molecule has 1 saturated carbocycles. The Balaban J connectivity index is 1.75. The largest absolute Gasteiger partial charge is 0.381 e. The normalized spacial score (nSPS) is 15.2. The Kier molecular flexibility index (Phi) is 7.67. The summed E-state index contributed by atoms with van der Waals surface area (Å²) in [6, 6.07) is 6.44. The number of nitrogens with zero attached hydrogens (tertiary/aromatic N) is 1. The maximum Gasteiger partial charge on any atom is 0.238 e. The first-order chi connectivity index (χ1) is 12.0. The summed E-state index contributed by atoms with van der Waals surface area (Å²) in [5.74, 6) is 1.53. The van der Waals surface area contributed by atoms with Crippen molar-refractivity contribution >= 4 is 16.0 Å². The van der Waals surface area contributed by atoms with Gasteiger partial charge in [-0.1, -0.05) is 12.1 Å². The fourth-order valence-corrected chi connectivity index (χ4v) is 2.73. The molecule has 0 atom stereocenters. The molecular formula is C17H28N4O3S. The molecule has 1 fully saturated rings. The number of ether oxygens (including phenoxy) is 1. The van der Waals surface area contributed by atoms with Crippen LogP contribution in [0.3, 0.4) is 0 Å². The van der Waals surface area contributed by atoms with Gasteiger partial charge in [0.15, 0.2) is 5.96 Å². The maximum absolute atomic E-state index is 11.2. The van der Waals surface area contributed by atoms with Crippen LogP contribution >= 0.6 is 0 Å². The Morgan fingerprint density at radius 1 is 1.28 bits per heavy atom. The molecule has 25 heavy (non-hydrogen) atoms. The molecule has 0 saturated heterocycles. The third kappa shape index (κ3) is 7.85. The second kappa shape index (κ2) is 9.74. The quantitative estimate of drug-likeness (QED) is 0.327. The van der Waals surface area contributed by atoms with Gasteiger partial charge < -0.3 is 15.4 Å². The SMILES string of the molecule is CCNC(=NCc1ccc(S(N)(=O)=O)cc1)NCCCOCC1CC1. The highest BCUT2D eigenvalue weighted by atomic mass is 32.2. The average Bonchev–Trinajstić information content (AvgIpc) is 3.39. The lowest BCUT2D eigenvalue weighted by Gasteiger charge is -2.11. The number of guanidine groups is 1. The molecule has 0 heterocycles. The fourth-order valence-electron chi connectivity index (χ4n) is 2.21. The summed E-state index contributed by atoms with van der Waals surface area (Å²) in [7, 11) is -3.65. The summed E-state index contributed by atoms with van der Waals surface area (Å²) in [6.07, 6.45) is 3.56. The van der Waals surface area contributed by atoms with Crippen molar-refractivity contribution in [1.29, 1.82) is 0 Å². The van der Waals surface area contributed by atoms with E-state index in [2.05, 4.69) is 15.6 Å². The van der Waals surface area contributed by atoms with Crippen LogP contribution in [-0.4, -0.2) is 40.7 Å². The topological polar surface area (TPSA) is 106 Å². The molecule has 0 radical (unpaired) electrons. The van der Waals surface area contributed by atoms with Crippen molar-refractivity contribution in [3.05, 3.63) is 29.8 Å². The van der Waals surface area contributed by atoms with Crippen LogP contribution in [0, 0.1) is 5.92 Å². The fraction of sp³-hybridized carbons (Fsp3) is 0.588. The van der Waals surface area contributed by atoms with Crippen molar-refractivity contribution in [2.75, 3.05) is 26.3 Å². The van der Waals surface area contributed by atoms with Gasteiger partial charge in [-0.15, -0.1) is 0 Å². The van der Waals surface area contributed by atoms with E-state index < -0.39 is 10.0 Å². The summed E-state index contributed by atoms with van der Waals surface area (Å²) >= 11 is 0. The van der Waals surface area contributed by atoms with Crippen molar-refractivity contribution < 1.29 is 13.2 Å². The monoisotopic (exact) mass is 368 g/mol. The van der Waals surface area contributed by atoms with Gasteiger partial charge in [0.25, 0.3) is 0 Å². The zero-order valence-corrected chi connectivity index (χ0v) is 15.5. The molecule has 8 heteroatoms. The lowest BCUT2D eigenvalue weighted by atomic mass is 10.2. The molecular weight excluding hydrogens is 340 g/mol. The number of nitrogens with two attached hydrogens (primary N) is 1. The highest BCUT2D eigenvalue weighted by Crippen LogP contribution is 2.28. The Labute approximate surface area is 150 Å². The Hall–Kier alpha value is -1.64. The first-order valence-electron chi connectivity index (χ1n) is 8.70. The van der Waals surface area contributed by atoms with E-state index in [0.717, 1.165) is 50.2 Å². The molecule has 0 amide bonds. The minimum Gasteiger partial charge on any atom is -0.381 e. The predicted octanol–water partition coefficient (Wildman–Crippen LogP) is 1.21. The van der Waals surface area contributed by atoms with Crippen LogP contribution in [0.15, 0.2) is 34.2 Å². The smallest absolute Gasteiger partial charge is 0.238 e. The van der Waals surface area contributed by atoms with Gasteiger partial charge in [0.2, 0.25) is 10.0 Å². The predicted molar refractivity (Wildman–Crippen MR) is 98.8 cm³/mol. The molecule has 1 aromatic carbocycles. The van der Waals surface area contributed by atoms with Crippen molar-refractivity contribution in [2.24, 2.45) is 16.0 Å². The summed E-state index contributed by atoms with van der Waals surface area (Å²) < 4.78 is 28.1. The van der Waals surface area contributed by atoms with Crippen molar-refractivity contribution in [3.8, 4) is 0 Å². The lowest BCUT2D eigenvalue weighted by Crippen LogP contribution is -2.38. The van der Waals surface area contributed by atoms with E-state index in [1.54, 1.807) is 12.1 Å². The molecule has 2 rings (SSSR count). The van der Waals surface area contributed by atoms with Gasteiger partial charge in [0, 0.05) is 26.3 Å². The first-order valence-corrected chi connectivity index (χ1v) is 10.3. The van der Waals surface area contributed by atoms with Crippen LogP contribution < -0.4 is 15.8 Å². The molecule has 0 aromatic heterocycles. The number of primary sulfonamides is 1. The maximum atomic E-state index is 11.2. The molecule has 0 aliphatic heterocycles. The molecule has 1 aliphatic carbocycles. The van der Waals surface area contributed by atoms with E-state index in [4.69, 9.17) is 9.88 Å². The van der Waals surface area contributed by atoms with Crippen molar-refractivity contribution in [3.63, 3.8) is 0 Å². The van der Waals surface area contributed by atoms with E-state index in [0.29, 0.717) is 6.54 Å². The van der Waals surface area contributed by atoms with E-state index >= 15 is 0 Å². The van der Waals surface area contributed by atoms with Crippen LogP contribution in [0.4, 0.5) is 0 Å². The van der Waals surface area contributed by atoms with Crippen molar-refractivity contribution in [1.82, 2.24) is 10.6 Å². The molecule has 0 spiro atoms. The summed E-state index contributed by atoms with van der Waals surface area (Å²) in [5, 5.41) is 11.6. The first kappa shape index (κ1) is 19.7. The van der Waals surface area contributed by atoms with E-state index in [9.17, 15) is 8.42 Å². The van der Waals surface area contributed by atoms with Crippen LogP contribution in [0.1, 0.15) is 31.7 Å². The summed E-state index contributed by atoms with van der Waals surface area (Å²) in [6.45, 7) is 5.69. The van der Waals surface area contributed by atoms with Gasteiger partial charge in [-0.2, -0.15) is 0 Å². The van der Waals surface area contributed by atoms with Crippen LogP contribution in [-0.2, 0) is 21.3 Å². The van der Waals surface area contributed by atoms with Crippen LogP contribution in [0.25, 0.3) is 0 Å².